The van der Waals surface area contributed by atoms with Crippen molar-refractivity contribution < 1.29 is 9.84 Å². The summed E-state index contributed by atoms with van der Waals surface area (Å²) in [6.07, 6.45) is 3.11. The molecule has 0 bridgehead atoms. The molecule has 1 atom stereocenters. The molecule has 2 nitrogen and oxygen atoms in total. The Labute approximate surface area is 120 Å². The van der Waals surface area contributed by atoms with Crippen LogP contribution in [0.1, 0.15) is 37.9 Å². The van der Waals surface area contributed by atoms with Crippen molar-refractivity contribution in [2.75, 3.05) is 6.61 Å². The van der Waals surface area contributed by atoms with Crippen molar-refractivity contribution in [3.8, 4) is 0 Å². The van der Waals surface area contributed by atoms with E-state index in [0.29, 0.717) is 12.0 Å². The van der Waals surface area contributed by atoms with Gasteiger partial charge in [0, 0.05) is 6.61 Å². The van der Waals surface area contributed by atoms with E-state index in [1.165, 1.54) is 10.8 Å². The summed E-state index contributed by atoms with van der Waals surface area (Å²) in [7, 11) is 0. The Balaban J connectivity index is 1.63. The molecule has 1 unspecified atom stereocenters. The van der Waals surface area contributed by atoms with Gasteiger partial charge in [0.2, 0.25) is 0 Å². The van der Waals surface area contributed by atoms with Crippen molar-refractivity contribution in [2.24, 2.45) is 5.92 Å². The second-order valence-electron chi connectivity index (χ2n) is 5.77. The van der Waals surface area contributed by atoms with Gasteiger partial charge >= 0.3 is 0 Å². The fourth-order valence-electron chi connectivity index (χ4n) is 3.11. The highest BCUT2D eigenvalue weighted by molar-refractivity contribution is 5.83. The minimum absolute atomic E-state index is 0.354. The Hall–Kier alpha value is -1.38. The van der Waals surface area contributed by atoms with Crippen molar-refractivity contribution in [1.29, 1.82) is 0 Å². The average Bonchev–Trinajstić information content (AvgIpc) is 2.44. The van der Waals surface area contributed by atoms with Gasteiger partial charge in [-0.3, -0.25) is 0 Å². The molecule has 3 rings (SSSR count). The molecule has 1 N–H and O–H groups in total. The van der Waals surface area contributed by atoms with Crippen LogP contribution in [0.4, 0.5) is 0 Å². The summed E-state index contributed by atoms with van der Waals surface area (Å²) in [6, 6.07) is 14.5. The van der Waals surface area contributed by atoms with Crippen LogP contribution >= 0.6 is 0 Å². The molecule has 0 amide bonds. The molecule has 0 radical (unpaired) electrons. The van der Waals surface area contributed by atoms with Crippen LogP contribution in [0.2, 0.25) is 0 Å². The first kappa shape index (κ1) is 13.6. The Morgan fingerprint density at radius 2 is 1.90 bits per heavy atom. The summed E-state index contributed by atoms with van der Waals surface area (Å²) in [4.78, 5) is 0. The molecule has 0 aromatic heterocycles. The van der Waals surface area contributed by atoms with E-state index in [-0.39, 0.29) is 6.10 Å². The average molecular weight is 270 g/mol. The lowest BCUT2D eigenvalue weighted by atomic mass is 9.78. The maximum atomic E-state index is 10.4. The highest BCUT2D eigenvalue weighted by Crippen LogP contribution is 2.37. The number of hydrogen-bond acceptors (Lipinski definition) is 2. The van der Waals surface area contributed by atoms with Gasteiger partial charge in [-0.05, 0) is 54.5 Å². The highest BCUT2D eigenvalue weighted by Gasteiger charge is 2.31. The molecular formula is C18H22O2. The summed E-state index contributed by atoms with van der Waals surface area (Å²) >= 11 is 0. The summed E-state index contributed by atoms with van der Waals surface area (Å²) < 4.78 is 5.57. The van der Waals surface area contributed by atoms with E-state index in [2.05, 4.69) is 24.3 Å². The lowest BCUT2D eigenvalue weighted by molar-refractivity contribution is -0.0380. The van der Waals surface area contributed by atoms with E-state index in [1.54, 1.807) is 0 Å². The molecule has 2 heteroatoms. The first-order valence-corrected chi connectivity index (χ1v) is 7.54. The predicted molar refractivity (Wildman–Crippen MR) is 81.7 cm³/mol. The maximum absolute atomic E-state index is 10.4. The Morgan fingerprint density at radius 1 is 1.15 bits per heavy atom. The lowest BCUT2D eigenvalue weighted by Crippen LogP contribution is -2.32. The molecular weight excluding hydrogens is 248 g/mol. The van der Waals surface area contributed by atoms with Crippen LogP contribution in [0.5, 0.6) is 0 Å². The quantitative estimate of drug-likeness (QED) is 0.887. The van der Waals surface area contributed by atoms with E-state index in [0.717, 1.165) is 31.4 Å². The lowest BCUT2D eigenvalue weighted by Gasteiger charge is -2.36. The zero-order valence-corrected chi connectivity index (χ0v) is 12.0. The molecule has 0 heterocycles. The minimum atomic E-state index is -0.354. The first-order chi connectivity index (χ1) is 9.76. The van der Waals surface area contributed by atoms with Gasteiger partial charge in [0.15, 0.2) is 0 Å². The summed E-state index contributed by atoms with van der Waals surface area (Å²) in [5, 5.41) is 12.8. The Bertz CT molecular complexity index is 572. The summed E-state index contributed by atoms with van der Waals surface area (Å²) in [6.45, 7) is 2.84. The van der Waals surface area contributed by atoms with Crippen LogP contribution in [0.25, 0.3) is 10.8 Å². The monoisotopic (exact) mass is 270 g/mol. The first-order valence-electron chi connectivity index (χ1n) is 7.54. The molecule has 1 fully saturated rings. The minimum Gasteiger partial charge on any atom is -0.388 e. The van der Waals surface area contributed by atoms with E-state index in [9.17, 15) is 5.11 Å². The highest BCUT2D eigenvalue weighted by atomic mass is 16.5. The number of hydrogen-bond donors (Lipinski definition) is 1. The molecule has 20 heavy (non-hydrogen) atoms. The molecule has 106 valence electrons. The summed E-state index contributed by atoms with van der Waals surface area (Å²) in [5.41, 5.74) is 1.03. The molecule has 1 aliphatic rings. The SMILES string of the molecule is CCOC1CC(CC(O)c2ccc3ccccc3c2)C1. The van der Waals surface area contributed by atoms with Crippen LogP contribution in [0.3, 0.4) is 0 Å². The molecule has 1 saturated carbocycles. The fraction of sp³-hybridized carbons (Fsp3) is 0.444. The van der Waals surface area contributed by atoms with Crippen LogP contribution in [-0.2, 0) is 4.74 Å². The van der Waals surface area contributed by atoms with Crippen LogP contribution in [-0.4, -0.2) is 17.8 Å². The number of rotatable bonds is 5. The Kier molecular flexibility index (Phi) is 4.04. The third kappa shape index (κ3) is 2.87. The third-order valence-corrected chi connectivity index (χ3v) is 4.31. The van der Waals surface area contributed by atoms with Gasteiger partial charge in [-0.2, -0.15) is 0 Å². The normalized spacial score (nSPS) is 23.5. The van der Waals surface area contributed by atoms with E-state index in [1.807, 2.05) is 25.1 Å². The topological polar surface area (TPSA) is 29.5 Å². The van der Waals surface area contributed by atoms with Crippen molar-refractivity contribution >= 4 is 10.8 Å². The van der Waals surface area contributed by atoms with Crippen LogP contribution < -0.4 is 0 Å². The van der Waals surface area contributed by atoms with Gasteiger partial charge < -0.3 is 9.84 Å². The Morgan fingerprint density at radius 3 is 2.65 bits per heavy atom. The number of benzene rings is 2. The molecule has 0 spiro atoms. The number of fused-ring (bicyclic) bond motifs is 1. The van der Waals surface area contributed by atoms with Gasteiger partial charge in [0.25, 0.3) is 0 Å². The smallest absolute Gasteiger partial charge is 0.0793 e. The molecule has 2 aromatic rings. The second kappa shape index (κ2) is 5.94. The van der Waals surface area contributed by atoms with Crippen LogP contribution in [0, 0.1) is 5.92 Å². The van der Waals surface area contributed by atoms with Crippen LogP contribution in [0.15, 0.2) is 42.5 Å². The van der Waals surface area contributed by atoms with Crippen molar-refractivity contribution in [3.63, 3.8) is 0 Å². The predicted octanol–water partition coefficient (Wildman–Crippen LogP) is 4.08. The van der Waals surface area contributed by atoms with Crippen molar-refractivity contribution in [3.05, 3.63) is 48.0 Å². The van der Waals surface area contributed by atoms with Crippen molar-refractivity contribution in [2.45, 2.75) is 38.4 Å². The standard InChI is InChI=1S/C18H22O2/c1-2-20-17-9-13(10-17)11-18(19)16-8-7-14-5-3-4-6-15(14)12-16/h3-8,12-13,17-19H,2,9-11H2,1H3. The summed E-state index contributed by atoms with van der Waals surface area (Å²) in [5.74, 6) is 0.605. The second-order valence-corrected chi connectivity index (χ2v) is 5.77. The number of ether oxygens (including phenoxy) is 1. The fourth-order valence-corrected chi connectivity index (χ4v) is 3.11. The molecule has 0 saturated heterocycles. The van der Waals surface area contributed by atoms with Gasteiger partial charge in [-0.1, -0.05) is 36.4 Å². The maximum Gasteiger partial charge on any atom is 0.0793 e. The number of aliphatic hydroxyl groups excluding tert-OH is 1. The van der Waals surface area contributed by atoms with Gasteiger partial charge in [0.05, 0.1) is 12.2 Å². The van der Waals surface area contributed by atoms with Gasteiger partial charge in [-0.25, -0.2) is 0 Å². The number of aliphatic hydroxyl groups is 1. The molecule has 1 aliphatic carbocycles. The zero-order chi connectivity index (χ0) is 13.9. The van der Waals surface area contributed by atoms with Gasteiger partial charge in [-0.15, -0.1) is 0 Å². The van der Waals surface area contributed by atoms with E-state index in [4.69, 9.17) is 4.74 Å². The largest absolute Gasteiger partial charge is 0.388 e. The zero-order valence-electron chi connectivity index (χ0n) is 12.0. The molecule has 0 aliphatic heterocycles. The van der Waals surface area contributed by atoms with E-state index < -0.39 is 0 Å². The van der Waals surface area contributed by atoms with Gasteiger partial charge in [0.1, 0.15) is 0 Å². The van der Waals surface area contributed by atoms with Crippen molar-refractivity contribution in [1.82, 2.24) is 0 Å². The van der Waals surface area contributed by atoms with E-state index >= 15 is 0 Å². The third-order valence-electron chi connectivity index (χ3n) is 4.31. The molecule has 2 aromatic carbocycles.